The van der Waals surface area contributed by atoms with Crippen LogP contribution in [0, 0.1) is 5.92 Å². The van der Waals surface area contributed by atoms with Crippen LogP contribution in [0.25, 0.3) is 0 Å². The second kappa shape index (κ2) is 5.83. The van der Waals surface area contributed by atoms with E-state index >= 15 is 0 Å². The van der Waals surface area contributed by atoms with Crippen LogP contribution in [-0.4, -0.2) is 55.1 Å². The molecule has 0 aromatic rings. The molecule has 1 heterocycles. The first-order chi connectivity index (χ1) is 7.10. The van der Waals surface area contributed by atoms with Crippen molar-refractivity contribution in [2.24, 2.45) is 11.7 Å². The van der Waals surface area contributed by atoms with Crippen LogP contribution in [0.3, 0.4) is 0 Å². The summed E-state index contributed by atoms with van der Waals surface area (Å²) < 4.78 is 0. The fourth-order valence-electron chi connectivity index (χ4n) is 2.39. The van der Waals surface area contributed by atoms with Gasteiger partial charge in [-0.15, -0.1) is 0 Å². The standard InChI is InChI=1S/C12H27N3/c1-5-10(2)12(8-13)15-7-6-14(4)11(3)9-15/h10-12H,5-9,13H2,1-4H3. The van der Waals surface area contributed by atoms with Gasteiger partial charge in [-0.2, -0.15) is 0 Å². The molecular formula is C12H27N3. The van der Waals surface area contributed by atoms with Gasteiger partial charge in [0.25, 0.3) is 0 Å². The van der Waals surface area contributed by atoms with E-state index in [0.29, 0.717) is 18.0 Å². The minimum atomic E-state index is 0.575. The second-order valence-electron chi connectivity index (χ2n) is 5.01. The van der Waals surface area contributed by atoms with Crippen molar-refractivity contribution in [1.82, 2.24) is 9.80 Å². The molecule has 0 amide bonds. The van der Waals surface area contributed by atoms with Gasteiger partial charge >= 0.3 is 0 Å². The molecule has 3 unspecified atom stereocenters. The Hall–Kier alpha value is -0.120. The van der Waals surface area contributed by atoms with E-state index in [2.05, 4.69) is 37.6 Å². The van der Waals surface area contributed by atoms with Gasteiger partial charge in [-0.25, -0.2) is 0 Å². The van der Waals surface area contributed by atoms with Crippen molar-refractivity contribution < 1.29 is 0 Å². The smallest absolute Gasteiger partial charge is 0.0245 e. The van der Waals surface area contributed by atoms with E-state index in [1.165, 1.54) is 26.1 Å². The van der Waals surface area contributed by atoms with Crippen LogP contribution in [0.4, 0.5) is 0 Å². The maximum absolute atomic E-state index is 5.90. The van der Waals surface area contributed by atoms with Crippen LogP contribution in [0.2, 0.25) is 0 Å². The number of hydrogen-bond acceptors (Lipinski definition) is 3. The summed E-state index contributed by atoms with van der Waals surface area (Å²) in [6, 6.07) is 1.24. The molecular weight excluding hydrogens is 186 g/mol. The summed E-state index contributed by atoms with van der Waals surface area (Å²) in [6.45, 7) is 11.2. The number of nitrogens with zero attached hydrogens (tertiary/aromatic N) is 2. The SMILES string of the molecule is CCC(C)C(CN)N1CCN(C)C(C)C1. The fourth-order valence-corrected chi connectivity index (χ4v) is 2.39. The normalized spacial score (nSPS) is 29.0. The average Bonchev–Trinajstić information content (AvgIpc) is 2.24. The molecule has 0 aliphatic carbocycles. The molecule has 0 radical (unpaired) electrons. The van der Waals surface area contributed by atoms with Crippen LogP contribution in [-0.2, 0) is 0 Å². The Morgan fingerprint density at radius 2 is 2.07 bits per heavy atom. The van der Waals surface area contributed by atoms with Crippen molar-refractivity contribution in [2.75, 3.05) is 33.2 Å². The van der Waals surface area contributed by atoms with Crippen LogP contribution >= 0.6 is 0 Å². The predicted molar refractivity (Wildman–Crippen MR) is 66.0 cm³/mol. The Bertz CT molecular complexity index is 184. The summed E-state index contributed by atoms with van der Waals surface area (Å²) in [5.41, 5.74) is 5.90. The Balaban J connectivity index is 2.54. The molecule has 0 aromatic heterocycles. The average molecular weight is 213 g/mol. The maximum Gasteiger partial charge on any atom is 0.0245 e. The molecule has 1 fully saturated rings. The first kappa shape index (κ1) is 12.9. The molecule has 3 atom stereocenters. The van der Waals surface area contributed by atoms with E-state index in [-0.39, 0.29) is 0 Å². The number of hydrogen-bond donors (Lipinski definition) is 1. The van der Waals surface area contributed by atoms with E-state index in [0.717, 1.165) is 6.54 Å². The monoisotopic (exact) mass is 213 g/mol. The summed E-state index contributed by atoms with van der Waals surface area (Å²) in [4.78, 5) is 5.01. The van der Waals surface area contributed by atoms with Crippen molar-refractivity contribution in [3.05, 3.63) is 0 Å². The zero-order chi connectivity index (χ0) is 11.4. The van der Waals surface area contributed by atoms with Gasteiger partial charge in [-0.05, 0) is 19.9 Å². The number of piperazine rings is 1. The van der Waals surface area contributed by atoms with Crippen molar-refractivity contribution >= 4 is 0 Å². The third-order valence-electron chi connectivity index (χ3n) is 4.00. The molecule has 1 aliphatic heterocycles. The molecule has 90 valence electrons. The van der Waals surface area contributed by atoms with Crippen LogP contribution in [0.1, 0.15) is 27.2 Å². The summed E-state index contributed by atoms with van der Waals surface area (Å²) in [5.74, 6) is 0.714. The van der Waals surface area contributed by atoms with Crippen molar-refractivity contribution in [3.8, 4) is 0 Å². The van der Waals surface area contributed by atoms with Gasteiger partial charge in [-0.1, -0.05) is 20.3 Å². The lowest BCUT2D eigenvalue weighted by Crippen LogP contribution is -2.56. The second-order valence-corrected chi connectivity index (χ2v) is 5.01. The third-order valence-corrected chi connectivity index (χ3v) is 4.00. The summed E-state index contributed by atoms with van der Waals surface area (Å²) in [7, 11) is 2.21. The predicted octanol–water partition coefficient (Wildman–Crippen LogP) is 0.996. The molecule has 1 aliphatic rings. The summed E-state index contributed by atoms with van der Waals surface area (Å²) in [6.07, 6.45) is 1.22. The van der Waals surface area contributed by atoms with Gasteiger partial charge in [0.15, 0.2) is 0 Å². The Labute approximate surface area is 94.6 Å². The third kappa shape index (κ3) is 3.16. The topological polar surface area (TPSA) is 32.5 Å². The molecule has 3 nitrogen and oxygen atoms in total. The van der Waals surface area contributed by atoms with E-state index in [4.69, 9.17) is 5.73 Å². The molecule has 0 bridgehead atoms. The lowest BCUT2D eigenvalue weighted by molar-refractivity contribution is 0.0543. The lowest BCUT2D eigenvalue weighted by atomic mass is 9.96. The van der Waals surface area contributed by atoms with E-state index in [1.807, 2.05) is 0 Å². The molecule has 2 N–H and O–H groups in total. The van der Waals surface area contributed by atoms with Crippen molar-refractivity contribution in [3.63, 3.8) is 0 Å². The molecule has 0 aromatic carbocycles. The van der Waals surface area contributed by atoms with E-state index in [9.17, 15) is 0 Å². The Kier molecular flexibility index (Phi) is 5.03. The summed E-state index contributed by atoms with van der Waals surface area (Å²) >= 11 is 0. The minimum Gasteiger partial charge on any atom is -0.329 e. The zero-order valence-electron chi connectivity index (χ0n) is 10.7. The first-order valence-corrected chi connectivity index (χ1v) is 6.24. The molecule has 0 saturated carbocycles. The van der Waals surface area contributed by atoms with Crippen LogP contribution < -0.4 is 5.73 Å². The molecule has 0 spiro atoms. The van der Waals surface area contributed by atoms with Crippen LogP contribution in [0.15, 0.2) is 0 Å². The number of likely N-dealkylation sites (N-methyl/N-ethyl adjacent to an activating group) is 1. The van der Waals surface area contributed by atoms with Crippen LogP contribution in [0.5, 0.6) is 0 Å². The first-order valence-electron chi connectivity index (χ1n) is 6.24. The highest BCUT2D eigenvalue weighted by Gasteiger charge is 2.28. The van der Waals surface area contributed by atoms with Gasteiger partial charge in [-0.3, -0.25) is 4.90 Å². The highest BCUT2D eigenvalue weighted by Crippen LogP contribution is 2.17. The van der Waals surface area contributed by atoms with E-state index < -0.39 is 0 Å². The van der Waals surface area contributed by atoms with Gasteiger partial charge in [0.1, 0.15) is 0 Å². The van der Waals surface area contributed by atoms with Gasteiger partial charge in [0.05, 0.1) is 0 Å². The zero-order valence-corrected chi connectivity index (χ0v) is 10.7. The highest BCUT2D eigenvalue weighted by atomic mass is 15.3. The Morgan fingerprint density at radius 1 is 1.40 bits per heavy atom. The van der Waals surface area contributed by atoms with Crippen molar-refractivity contribution in [1.29, 1.82) is 0 Å². The van der Waals surface area contributed by atoms with E-state index in [1.54, 1.807) is 0 Å². The molecule has 1 rings (SSSR count). The van der Waals surface area contributed by atoms with Crippen molar-refractivity contribution in [2.45, 2.75) is 39.3 Å². The minimum absolute atomic E-state index is 0.575. The lowest BCUT2D eigenvalue weighted by Gasteiger charge is -2.43. The molecule has 15 heavy (non-hydrogen) atoms. The quantitative estimate of drug-likeness (QED) is 0.756. The molecule has 1 saturated heterocycles. The molecule has 3 heteroatoms. The maximum atomic E-state index is 5.90. The highest BCUT2D eigenvalue weighted by molar-refractivity contribution is 4.84. The number of rotatable bonds is 4. The largest absolute Gasteiger partial charge is 0.329 e. The fraction of sp³-hybridized carbons (Fsp3) is 1.00. The van der Waals surface area contributed by atoms with Gasteiger partial charge < -0.3 is 10.6 Å². The van der Waals surface area contributed by atoms with Gasteiger partial charge in [0.2, 0.25) is 0 Å². The summed E-state index contributed by atoms with van der Waals surface area (Å²) in [5, 5.41) is 0. The number of nitrogens with two attached hydrogens (primary N) is 1. The van der Waals surface area contributed by atoms with Gasteiger partial charge in [0, 0.05) is 38.3 Å². The Morgan fingerprint density at radius 3 is 2.53 bits per heavy atom.